The molecule has 10 heteroatoms. The summed E-state index contributed by atoms with van der Waals surface area (Å²) in [7, 11) is 0. The second-order valence-electron chi connectivity index (χ2n) is 7.66. The largest absolute Gasteiger partial charge is 0.487 e. The van der Waals surface area contributed by atoms with Crippen LogP contribution in [0.15, 0.2) is 65.5 Å². The van der Waals surface area contributed by atoms with E-state index in [9.17, 15) is 4.39 Å². The molecular formula is C25H25FN4O4S. The molecule has 0 fully saturated rings. The zero-order valence-corrected chi connectivity index (χ0v) is 20.0. The number of aryl methyl sites for hydroxylation is 3. The van der Waals surface area contributed by atoms with Crippen LogP contribution in [-0.4, -0.2) is 28.4 Å². The molecule has 4 aromatic rings. The van der Waals surface area contributed by atoms with Crippen molar-refractivity contribution in [1.29, 1.82) is 0 Å². The van der Waals surface area contributed by atoms with Crippen LogP contribution in [0.5, 0.6) is 5.75 Å². The van der Waals surface area contributed by atoms with Gasteiger partial charge in [-0.3, -0.25) is 4.68 Å². The van der Waals surface area contributed by atoms with Gasteiger partial charge in [0.05, 0.1) is 6.20 Å². The zero-order valence-electron chi connectivity index (χ0n) is 19.2. The lowest BCUT2D eigenvalue weighted by molar-refractivity contribution is 0.301. The first-order valence-corrected chi connectivity index (χ1v) is 11.6. The summed E-state index contributed by atoms with van der Waals surface area (Å²) < 4.78 is 43.6. The first-order chi connectivity index (χ1) is 17.1. The third-order valence-electron chi connectivity index (χ3n) is 5.02. The molecular weight excluding hydrogens is 471 g/mol. The van der Waals surface area contributed by atoms with E-state index in [0.717, 1.165) is 37.1 Å². The van der Waals surface area contributed by atoms with Crippen LogP contribution >= 0.6 is 0 Å². The van der Waals surface area contributed by atoms with E-state index in [1.54, 1.807) is 30.7 Å². The Morgan fingerprint density at radius 2 is 1.91 bits per heavy atom. The highest BCUT2D eigenvalue weighted by molar-refractivity contribution is 7.51. The maximum atomic E-state index is 13.9. The van der Waals surface area contributed by atoms with E-state index < -0.39 is 11.6 Å². The van der Waals surface area contributed by atoms with Crippen molar-refractivity contribution in [2.75, 3.05) is 0 Å². The van der Waals surface area contributed by atoms with Crippen molar-refractivity contribution in [3.63, 3.8) is 0 Å². The van der Waals surface area contributed by atoms with Crippen LogP contribution in [-0.2, 0) is 31.1 Å². The van der Waals surface area contributed by atoms with Gasteiger partial charge < -0.3 is 9.15 Å². The van der Waals surface area contributed by atoms with Gasteiger partial charge in [-0.1, -0.05) is 29.5 Å². The minimum atomic E-state index is -0.750. The van der Waals surface area contributed by atoms with Gasteiger partial charge in [-0.15, -0.1) is 5.10 Å². The molecule has 0 aliphatic heterocycles. The van der Waals surface area contributed by atoms with Gasteiger partial charge in [-0.25, -0.2) is 9.37 Å². The summed E-state index contributed by atoms with van der Waals surface area (Å²) in [4.78, 5) is 4.36. The molecule has 0 amide bonds. The van der Waals surface area contributed by atoms with E-state index in [0.29, 0.717) is 23.8 Å². The molecule has 0 aliphatic carbocycles. The summed E-state index contributed by atoms with van der Waals surface area (Å²) in [5.74, 6) is 0.915. The number of hydrogen-bond acceptors (Lipinski definition) is 7. The van der Waals surface area contributed by atoms with Gasteiger partial charge in [-0.05, 0) is 61.6 Å². The summed E-state index contributed by atoms with van der Waals surface area (Å²) in [5, 5.41) is 7.78. The van der Waals surface area contributed by atoms with Crippen LogP contribution in [0.25, 0.3) is 12.2 Å². The number of hydrogen-bond donors (Lipinski definition) is 0. The van der Waals surface area contributed by atoms with Crippen molar-refractivity contribution in [3.8, 4) is 5.75 Å². The fourth-order valence-electron chi connectivity index (χ4n) is 3.26. The average molecular weight is 497 g/mol. The van der Waals surface area contributed by atoms with Gasteiger partial charge >= 0.3 is 11.6 Å². The molecule has 0 N–H and O–H groups in total. The van der Waals surface area contributed by atoms with E-state index in [-0.39, 0.29) is 5.82 Å². The molecule has 0 unspecified atom stereocenters. The molecule has 2 aromatic heterocycles. The van der Waals surface area contributed by atoms with E-state index in [1.807, 2.05) is 36.0 Å². The molecule has 0 bridgehead atoms. The van der Waals surface area contributed by atoms with Crippen LogP contribution in [0.2, 0.25) is 0 Å². The first kappa shape index (κ1) is 25.7. The van der Waals surface area contributed by atoms with Gasteiger partial charge in [0.1, 0.15) is 30.1 Å². The predicted octanol–water partition coefficient (Wildman–Crippen LogP) is 4.82. The van der Waals surface area contributed by atoms with Crippen molar-refractivity contribution in [2.24, 2.45) is 0 Å². The molecule has 35 heavy (non-hydrogen) atoms. The number of nitrogens with zero attached hydrogens (tertiary/aromatic N) is 4. The van der Waals surface area contributed by atoms with Crippen LogP contribution < -0.4 is 4.74 Å². The second-order valence-corrected chi connectivity index (χ2v) is 7.80. The lowest BCUT2D eigenvalue weighted by Crippen LogP contribution is -1.99. The Bertz CT molecular complexity index is 1250. The Morgan fingerprint density at radius 3 is 2.63 bits per heavy atom. The average Bonchev–Trinajstić information content (AvgIpc) is 3.53. The van der Waals surface area contributed by atoms with Crippen LogP contribution in [0, 0.1) is 12.7 Å². The summed E-state index contributed by atoms with van der Waals surface area (Å²) >= 11 is -0.750. The van der Waals surface area contributed by atoms with Crippen molar-refractivity contribution < 1.29 is 22.0 Å². The van der Waals surface area contributed by atoms with Crippen LogP contribution in [0.1, 0.15) is 41.1 Å². The third kappa shape index (κ3) is 8.74. The third-order valence-corrected chi connectivity index (χ3v) is 5.02. The maximum Gasteiger partial charge on any atom is 0.335 e. The lowest BCUT2D eigenvalue weighted by atomic mass is 10.1. The molecule has 0 saturated carbocycles. The summed E-state index contributed by atoms with van der Waals surface area (Å²) in [6, 6.07) is 13.2. The van der Waals surface area contributed by atoms with Gasteiger partial charge in [0.15, 0.2) is 0 Å². The number of ether oxygens (including phenoxy) is 1. The standard InChI is InChI=1S/C25H25FN4O2.O2S/c1-19-5-8-21(24(26)16-19)9-12-25-28-22(18-32-25)17-31-23-10-6-20(7-11-23)4-2-3-14-30-15-13-27-29-30;1-3-2/h5-13,15-16,18H,2-4,14,17H2,1H3;/b12-9+;. The van der Waals surface area contributed by atoms with Crippen molar-refractivity contribution in [3.05, 3.63) is 95.2 Å². The van der Waals surface area contributed by atoms with E-state index in [1.165, 1.54) is 11.6 Å². The number of oxazole rings is 1. The van der Waals surface area contributed by atoms with Crippen molar-refractivity contribution in [1.82, 2.24) is 20.0 Å². The normalized spacial score (nSPS) is 10.7. The minimum absolute atomic E-state index is 0.269. The lowest BCUT2D eigenvalue weighted by Gasteiger charge is -2.06. The van der Waals surface area contributed by atoms with E-state index >= 15 is 0 Å². The SMILES string of the molecule is Cc1ccc(/C=C/c2nc(COc3ccc(CCCCn4ccnn4)cc3)co2)c(F)c1.O=S=O. The summed E-state index contributed by atoms with van der Waals surface area (Å²) in [6.45, 7) is 3.04. The van der Waals surface area contributed by atoms with Crippen molar-refractivity contribution >= 4 is 23.7 Å². The highest BCUT2D eigenvalue weighted by Crippen LogP contribution is 2.17. The summed E-state index contributed by atoms with van der Waals surface area (Å²) in [5.41, 5.74) is 3.32. The molecule has 0 atom stereocenters. The van der Waals surface area contributed by atoms with Crippen LogP contribution in [0.3, 0.4) is 0 Å². The highest BCUT2D eigenvalue weighted by atomic mass is 32.1. The molecule has 0 saturated heterocycles. The molecule has 2 heterocycles. The molecule has 2 aromatic carbocycles. The smallest absolute Gasteiger partial charge is 0.335 e. The van der Waals surface area contributed by atoms with Crippen molar-refractivity contribution in [2.45, 2.75) is 39.3 Å². The minimum Gasteiger partial charge on any atom is -0.487 e. The molecule has 0 spiro atoms. The fraction of sp³-hybridized carbons (Fsp3) is 0.240. The highest BCUT2D eigenvalue weighted by Gasteiger charge is 2.04. The van der Waals surface area contributed by atoms with Gasteiger partial charge in [0, 0.05) is 24.4 Å². The number of halogens is 1. The summed E-state index contributed by atoms with van der Waals surface area (Å²) in [6.07, 6.45) is 11.6. The van der Waals surface area contributed by atoms with Crippen LogP contribution in [0.4, 0.5) is 4.39 Å². The number of rotatable bonds is 10. The van der Waals surface area contributed by atoms with E-state index in [4.69, 9.17) is 17.6 Å². The van der Waals surface area contributed by atoms with Gasteiger partial charge in [-0.2, -0.15) is 8.42 Å². The van der Waals surface area contributed by atoms with Gasteiger partial charge in [0.2, 0.25) is 5.89 Å². The number of unbranched alkanes of at least 4 members (excludes halogenated alkanes) is 1. The topological polar surface area (TPSA) is 100 Å². The Labute approximate surface area is 206 Å². The molecule has 4 rings (SSSR count). The maximum absolute atomic E-state index is 13.9. The second kappa shape index (κ2) is 13.7. The Morgan fingerprint density at radius 1 is 1.11 bits per heavy atom. The number of aromatic nitrogens is 4. The Hall–Kier alpha value is -3.92. The Kier molecular flexibility index (Phi) is 10.1. The number of benzene rings is 2. The predicted molar refractivity (Wildman–Crippen MR) is 129 cm³/mol. The molecule has 0 aliphatic rings. The molecule has 0 radical (unpaired) electrons. The fourth-order valence-corrected chi connectivity index (χ4v) is 3.26. The Balaban J connectivity index is 0.00000108. The molecule has 8 nitrogen and oxygen atoms in total. The van der Waals surface area contributed by atoms with Gasteiger partial charge in [0.25, 0.3) is 0 Å². The molecule has 182 valence electrons. The quantitative estimate of drug-likeness (QED) is 0.290. The monoisotopic (exact) mass is 496 g/mol. The zero-order chi connectivity index (χ0) is 24.9. The van der Waals surface area contributed by atoms with E-state index in [2.05, 4.69) is 27.4 Å². The first-order valence-electron chi connectivity index (χ1n) is 10.9.